The van der Waals surface area contributed by atoms with E-state index in [1.54, 1.807) is 54.3 Å². The van der Waals surface area contributed by atoms with Crippen LogP contribution in [0, 0.1) is 5.82 Å². The summed E-state index contributed by atoms with van der Waals surface area (Å²) in [6.07, 6.45) is 0.489. The Bertz CT molecular complexity index is 1350. The van der Waals surface area contributed by atoms with E-state index in [1.165, 1.54) is 18.2 Å². The van der Waals surface area contributed by atoms with Crippen molar-refractivity contribution < 1.29 is 23.5 Å². The zero-order valence-corrected chi connectivity index (χ0v) is 22.1. The molecule has 1 aliphatic heterocycles. The van der Waals surface area contributed by atoms with Gasteiger partial charge in [0.15, 0.2) is 5.17 Å². The minimum Gasteiger partial charge on any atom is -0.462 e. The molecule has 196 valence electrons. The van der Waals surface area contributed by atoms with Gasteiger partial charge >= 0.3 is 5.97 Å². The van der Waals surface area contributed by atoms with E-state index in [0.717, 1.165) is 17.3 Å². The minimum absolute atomic E-state index is 0.0451. The Kier molecular flexibility index (Phi) is 9.15. The van der Waals surface area contributed by atoms with Gasteiger partial charge < -0.3 is 10.1 Å². The van der Waals surface area contributed by atoms with Crippen molar-refractivity contribution in [2.75, 3.05) is 18.5 Å². The fraction of sp³-hybridized carbons (Fsp3) is 0.214. The number of rotatable bonds is 8. The summed E-state index contributed by atoms with van der Waals surface area (Å²) in [5.41, 5.74) is 1.92. The van der Waals surface area contributed by atoms with Crippen LogP contribution in [0.1, 0.15) is 29.3 Å². The molecule has 0 aliphatic carbocycles. The second-order valence-corrected chi connectivity index (χ2v) is 9.97. The van der Waals surface area contributed by atoms with Gasteiger partial charge in [-0.15, -0.1) is 0 Å². The maximum Gasteiger partial charge on any atom is 0.338 e. The van der Waals surface area contributed by atoms with Crippen LogP contribution < -0.4 is 5.32 Å². The molecule has 0 aromatic heterocycles. The number of nitrogens with zero attached hydrogens (tertiary/aromatic N) is 2. The Labute approximate surface area is 229 Å². The number of carbonyl (C=O) groups is 3. The summed E-state index contributed by atoms with van der Waals surface area (Å²) in [5, 5.41) is 2.73. The van der Waals surface area contributed by atoms with Crippen molar-refractivity contribution in [1.82, 2.24) is 4.90 Å². The fourth-order valence-corrected chi connectivity index (χ4v) is 4.98. The largest absolute Gasteiger partial charge is 0.462 e. The van der Waals surface area contributed by atoms with Gasteiger partial charge in [0.1, 0.15) is 11.1 Å². The molecular formula is C28H25ClFN3O4S. The predicted octanol–water partition coefficient (Wildman–Crippen LogP) is 5.86. The molecule has 2 amide bonds. The topological polar surface area (TPSA) is 88.1 Å². The lowest BCUT2D eigenvalue weighted by atomic mass is 10.1. The van der Waals surface area contributed by atoms with Crippen molar-refractivity contribution in [1.29, 1.82) is 0 Å². The van der Waals surface area contributed by atoms with Crippen molar-refractivity contribution >= 4 is 57.7 Å². The zero-order chi connectivity index (χ0) is 27.1. The number of nitrogens with one attached hydrogen (secondary N) is 1. The van der Waals surface area contributed by atoms with Crippen molar-refractivity contribution in [2.45, 2.75) is 25.0 Å². The average Bonchev–Trinajstić information content (AvgIpc) is 2.91. The van der Waals surface area contributed by atoms with E-state index in [9.17, 15) is 18.8 Å². The second kappa shape index (κ2) is 12.7. The number of benzene rings is 3. The average molecular weight is 554 g/mol. The van der Waals surface area contributed by atoms with Gasteiger partial charge in [0.25, 0.3) is 0 Å². The van der Waals surface area contributed by atoms with Gasteiger partial charge in [-0.25, -0.2) is 14.2 Å². The molecule has 1 heterocycles. The van der Waals surface area contributed by atoms with Gasteiger partial charge in [0.05, 0.1) is 23.5 Å². The monoisotopic (exact) mass is 553 g/mol. The van der Waals surface area contributed by atoms with Crippen LogP contribution in [0.4, 0.5) is 15.8 Å². The van der Waals surface area contributed by atoms with E-state index >= 15 is 0 Å². The number of aliphatic imine (C=N–C) groups is 1. The first kappa shape index (κ1) is 27.3. The number of amides is 2. The first-order chi connectivity index (χ1) is 18.3. The zero-order valence-electron chi connectivity index (χ0n) is 20.5. The summed E-state index contributed by atoms with van der Waals surface area (Å²) >= 11 is 7.12. The highest BCUT2D eigenvalue weighted by Gasteiger charge is 2.36. The minimum atomic E-state index is -0.800. The highest BCUT2D eigenvalue weighted by atomic mass is 35.5. The molecule has 3 aromatic rings. The molecule has 10 heteroatoms. The Morgan fingerprint density at radius 2 is 1.82 bits per heavy atom. The lowest BCUT2D eigenvalue weighted by Crippen LogP contribution is -2.46. The molecule has 0 radical (unpaired) electrons. The van der Waals surface area contributed by atoms with E-state index < -0.39 is 22.9 Å². The van der Waals surface area contributed by atoms with Crippen LogP contribution in [0.2, 0.25) is 5.02 Å². The van der Waals surface area contributed by atoms with Gasteiger partial charge in [-0.3, -0.25) is 14.5 Å². The molecule has 1 saturated heterocycles. The van der Waals surface area contributed by atoms with Gasteiger partial charge in [0.2, 0.25) is 11.8 Å². The molecule has 4 rings (SSSR count). The molecule has 1 unspecified atom stereocenters. The van der Waals surface area contributed by atoms with E-state index in [1.807, 2.05) is 12.1 Å². The van der Waals surface area contributed by atoms with Crippen LogP contribution in [-0.4, -0.2) is 46.3 Å². The quantitative estimate of drug-likeness (QED) is 0.353. The summed E-state index contributed by atoms with van der Waals surface area (Å²) in [6, 6.07) is 19.7. The summed E-state index contributed by atoms with van der Waals surface area (Å²) in [7, 11) is 0. The second-order valence-electron chi connectivity index (χ2n) is 8.36. The number of para-hydroxylation sites is 1. The van der Waals surface area contributed by atoms with Crippen LogP contribution in [0.15, 0.2) is 77.8 Å². The van der Waals surface area contributed by atoms with Crippen molar-refractivity contribution in [2.24, 2.45) is 4.99 Å². The number of carbonyl (C=O) groups excluding carboxylic acids is 3. The SMILES string of the molecule is CCOC(=O)c1ccc(N=C2SC(C(=O)Nc3ccccc3F)CC(=O)N2CCc2ccc(Cl)cc2)cc1. The van der Waals surface area contributed by atoms with Crippen molar-refractivity contribution in [3.63, 3.8) is 0 Å². The lowest BCUT2D eigenvalue weighted by molar-refractivity contribution is -0.129. The molecule has 1 N–H and O–H groups in total. The molecule has 1 atom stereocenters. The summed E-state index contributed by atoms with van der Waals surface area (Å²) in [4.78, 5) is 44.4. The fourth-order valence-electron chi connectivity index (χ4n) is 3.73. The van der Waals surface area contributed by atoms with Crippen molar-refractivity contribution in [3.05, 3.63) is 94.8 Å². The predicted molar refractivity (Wildman–Crippen MR) is 147 cm³/mol. The highest BCUT2D eigenvalue weighted by Crippen LogP contribution is 2.30. The number of amidine groups is 1. The first-order valence-electron chi connectivity index (χ1n) is 12.0. The third-order valence-corrected chi connectivity index (χ3v) is 7.14. The van der Waals surface area contributed by atoms with E-state index in [0.29, 0.717) is 34.4 Å². The maximum absolute atomic E-state index is 14.1. The number of ether oxygens (including phenoxy) is 1. The molecule has 1 aliphatic rings. The Morgan fingerprint density at radius 1 is 1.11 bits per heavy atom. The molecule has 7 nitrogen and oxygen atoms in total. The van der Waals surface area contributed by atoms with Gasteiger partial charge in [-0.1, -0.05) is 47.6 Å². The van der Waals surface area contributed by atoms with E-state index in [2.05, 4.69) is 10.3 Å². The molecular weight excluding hydrogens is 529 g/mol. The van der Waals surface area contributed by atoms with Gasteiger partial charge in [0, 0.05) is 18.0 Å². The number of thioether (sulfide) groups is 1. The molecule has 38 heavy (non-hydrogen) atoms. The number of hydrogen-bond donors (Lipinski definition) is 1. The van der Waals surface area contributed by atoms with E-state index in [4.69, 9.17) is 16.3 Å². The third kappa shape index (κ3) is 6.99. The van der Waals surface area contributed by atoms with Crippen LogP contribution in [-0.2, 0) is 20.7 Å². The number of halogens is 2. The highest BCUT2D eigenvalue weighted by molar-refractivity contribution is 8.15. The maximum atomic E-state index is 14.1. The normalized spacial score (nSPS) is 16.4. The molecule has 1 fully saturated rings. The van der Waals surface area contributed by atoms with Gasteiger partial charge in [-0.05, 0) is 67.4 Å². The van der Waals surface area contributed by atoms with Gasteiger partial charge in [-0.2, -0.15) is 0 Å². The molecule has 0 saturated carbocycles. The summed E-state index contributed by atoms with van der Waals surface area (Å²) < 4.78 is 19.1. The van der Waals surface area contributed by atoms with Crippen LogP contribution in [0.5, 0.6) is 0 Å². The van der Waals surface area contributed by atoms with Crippen LogP contribution in [0.3, 0.4) is 0 Å². The third-order valence-electron chi connectivity index (χ3n) is 5.70. The molecule has 3 aromatic carbocycles. The molecule has 0 bridgehead atoms. The summed E-state index contributed by atoms with van der Waals surface area (Å²) in [6.45, 7) is 2.34. The Hall–Kier alpha value is -3.69. The standard InChI is InChI=1S/C28H25ClFN3O4S/c1-2-37-27(36)19-9-13-21(14-10-19)31-28-33(16-15-18-7-11-20(29)12-8-18)25(34)17-24(38-28)26(35)32-23-6-4-3-5-22(23)30/h3-14,24H,2,15-17H2,1H3,(H,32,35). The van der Waals surface area contributed by atoms with E-state index in [-0.39, 0.29) is 24.6 Å². The lowest BCUT2D eigenvalue weighted by Gasteiger charge is -2.32. The van der Waals surface area contributed by atoms with Crippen molar-refractivity contribution in [3.8, 4) is 0 Å². The molecule has 0 spiro atoms. The number of esters is 1. The van der Waals surface area contributed by atoms with Crippen LogP contribution >= 0.6 is 23.4 Å². The first-order valence-corrected chi connectivity index (χ1v) is 13.2. The number of anilines is 1. The summed E-state index contributed by atoms with van der Waals surface area (Å²) in [5.74, 6) is -1.76. The Balaban J connectivity index is 1.57. The smallest absolute Gasteiger partial charge is 0.338 e. The Morgan fingerprint density at radius 3 is 2.50 bits per heavy atom. The van der Waals surface area contributed by atoms with Crippen LogP contribution in [0.25, 0.3) is 0 Å². The number of hydrogen-bond acceptors (Lipinski definition) is 6.